The zero-order valence-electron chi connectivity index (χ0n) is 8.00. The summed E-state index contributed by atoms with van der Waals surface area (Å²) in [6.45, 7) is 5.96. The van der Waals surface area contributed by atoms with Crippen molar-refractivity contribution >= 4 is 0 Å². The van der Waals surface area contributed by atoms with Crippen LogP contribution in [-0.2, 0) is 0 Å². The van der Waals surface area contributed by atoms with Crippen LogP contribution in [0.25, 0.3) is 0 Å². The van der Waals surface area contributed by atoms with Gasteiger partial charge in [0.1, 0.15) is 0 Å². The van der Waals surface area contributed by atoms with Crippen molar-refractivity contribution in [3.05, 3.63) is 0 Å². The molecule has 2 unspecified atom stereocenters. The fourth-order valence-corrected chi connectivity index (χ4v) is 2.22. The number of aliphatic hydroxyl groups excluding tert-OH is 1. The van der Waals surface area contributed by atoms with Crippen LogP contribution in [0.15, 0.2) is 0 Å². The monoisotopic (exact) mass is 185 g/mol. The van der Waals surface area contributed by atoms with E-state index >= 15 is 0 Å². The molecule has 0 saturated carbocycles. The summed E-state index contributed by atoms with van der Waals surface area (Å²) in [7, 11) is 0. The first-order chi connectivity index (χ1) is 6.42. The van der Waals surface area contributed by atoms with Crippen LogP contribution in [0.2, 0.25) is 0 Å². The molecule has 2 atom stereocenters. The highest BCUT2D eigenvalue weighted by Crippen LogP contribution is 2.15. The van der Waals surface area contributed by atoms with Gasteiger partial charge in [0.05, 0.1) is 0 Å². The largest absolute Gasteiger partial charge is 0.396 e. The molecule has 2 aliphatic rings. The Morgan fingerprint density at radius 2 is 2.08 bits per heavy atom. The van der Waals surface area contributed by atoms with Crippen LogP contribution in [0.4, 0.5) is 0 Å². The van der Waals surface area contributed by atoms with Gasteiger partial charge in [-0.1, -0.05) is 0 Å². The zero-order chi connectivity index (χ0) is 9.10. The fourth-order valence-electron chi connectivity index (χ4n) is 2.22. The quantitative estimate of drug-likeness (QED) is 0.507. The molecule has 0 aliphatic carbocycles. The summed E-state index contributed by atoms with van der Waals surface area (Å²) >= 11 is 0. The second-order valence-corrected chi connectivity index (χ2v) is 3.88. The molecule has 0 bridgehead atoms. The zero-order valence-corrected chi connectivity index (χ0v) is 8.00. The average molecular weight is 185 g/mol. The first-order valence-corrected chi connectivity index (χ1v) is 5.21. The summed E-state index contributed by atoms with van der Waals surface area (Å²) < 4.78 is 0. The van der Waals surface area contributed by atoms with Crippen molar-refractivity contribution in [2.75, 3.05) is 39.3 Å². The Balaban J connectivity index is 1.78. The number of hydrogen-bond acceptors (Lipinski definition) is 4. The van der Waals surface area contributed by atoms with Crippen LogP contribution < -0.4 is 10.6 Å². The third kappa shape index (κ3) is 2.02. The summed E-state index contributed by atoms with van der Waals surface area (Å²) in [4.78, 5) is 2.54. The molecular weight excluding hydrogens is 166 g/mol. The van der Waals surface area contributed by atoms with Crippen molar-refractivity contribution in [2.24, 2.45) is 0 Å². The Morgan fingerprint density at radius 1 is 1.31 bits per heavy atom. The van der Waals surface area contributed by atoms with Gasteiger partial charge < -0.3 is 15.7 Å². The van der Waals surface area contributed by atoms with Gasteiger partial charge in [-0.3, -0.25) is 4.90 Å². The van der Waals surface area contributed by atoms with Crippen LogP contribution in [0.1, 0.15) is 6.42 Å². The number of rotatable bonds is 3. The van der Waals surface area contributed by atoms with Crippen molar-refractivity contribution in [3.63, 3.8) is 0 Å². The second kappa shape index (κ2) is 4.37. The summed E-state index contributed by atoms with van der Waals surface area (Å²) in [6, 6.07) is 1.21. The fraction of sp³-hybridized carbons (Fsp3) is 1.00. The van der Waals surface area contributed by atoms with Crippen LogP contribution in [0.5, 0.6) is 0 Å². The number of nitrogens with zero attached hydrogens (tertiary/aromatic N) is 1. The summed E-state index contributed by atoms with van der Waals surface area (Å²) in [6.07, 6.45) is 0.897. The lowest BCUT2D eigenvalue weighted by Gasteiger charge is -2.46. The maximum Gasteiger partial charge on any atom is 0.0446 e. The molecule has 0 radical (unpaired) electrons. The van der Waals surface area contributed by atoms with Crippen LogP contribution in [-0.4, -0.2) is 61.4 Å². The lowest BCUT2D eigenvalue weighted by Crippen LogP contribution is -2.67. The molecule has 0 aromatic rings. The molecule has 0 amide bonds. The molecular formula is C9H19N3O. The predicted octanol–water partition coefficient (Wildman–Crippen LogP) is -1.39. The topological polar surface area (TPSA) is 47.5 Å². The van der Waals surface area contributed by atoms with Gasteiger partial charge in [-0.2, -0.15) is 0 Å². The van der Waals surface area contributed by atoms with E-state index < -0.39 is 0 Å². The van der Waals surface area contributed by atoms with Crippen LogP contribution in [0.3, 0.4) is 0 Å². The molecule has 2 saturated heterocycles. The minimum atomic E-state index is 0.306. The van der Waals surface area contributed by atoms with E-state index in [9.17, 15) is 0 Å². The lowest BCUT2D eigenvalue weighted by atomic mass is 9.95. The van der Waals surface area contributed by atoms with Crippen molar-refractivity contribution < 1.29 is 5.11 Å². The van der Waals surface area contributed by atoms with Crippen LogP contribution in [0, 0.1) is 0 Å². The standard InChI is InChI=1S/C9H19N3O/c13-6-1-8-9(7-11-8)12-4-2-10-3-5-12/h8-11,13H,1-7H2. The molecule has 0 aromatic carbocycles. The molecule has 2 heterocycles. The smallest absolute Gasteiger partial charge is 0.0446 e. The highest BCUT2D eigenvalue weighted by Gasteiger charge is 2.34. The van der Waals surface area contributed by atoms with Crippen molar-refractivity contribution in [1.82, 2.24) is 15.5 Å². The number of aliphatic hydroxyl groups is 1. The Hall–Kier alpha value is -0.160. The molecule has 76 valence electrons. The second-order valence-electron chi connectivity index (χ2n) is 3.88. The molecule has 0 spiro atoms. The van der Waals surface area contributed by atoms with E-state index in [-0.39, 0.29) is 0 Å². The van der Waals surface area contributed by atoms with Gasteiger partial charge in [-0.15, -0.1) is 0 Å². The molecule has 3 N–H and O–H groups in total. The highest BCUT2D eigenvalue weighted by atomic mass is 16.3. The van der Waals surface area contributed by atoms with E-state index in [0.717, 1.165) is 39.1 Å². The predicted molar refractivity (Wildman–Crippen MR) is 51.7 cm³/mol. The maximum atomic E-state index is 8.85. The minimum absolute atomic E-state index is 0.306. The summed E-state index contributed by atoms with van der Waals surface area (Å²) in [5.74, 6) is 0. The van der Waals surface area contributed by atoms with Gasteiger partial charge in [0.25, 0.3) is 0 Å². The van der Waals surface area contributed by atoms with E-state index in [2.05, 4.69) is 15.5 Å². The average Bonchev–Trinajstić information content (AvgIpc) is 2.14. The molecule has 2 fully saturated rings. The molecule has 2 aliphatic heterocycles. The van der Waals surface area contributed by atoms with Gasteiger partial charge in [-0.25, -0.2) is 0 Å². The molecule has 0 aromatic heterocycles. The number of piperazine rings is 1. The first kappa shape index (κ1) is 9.40. The minimum Gasteiger partial charge on any atom is -0.396 e. The summed E-state index contributed by atoms with van der Waals surface area (Å²) in [5.41, 5.74) is 0. The summed E-state index contributed by atoms with van der Waals surface area (Å²) in [5, 5.41) is 15.6. The van der Waals surface area contributed by atoms with Crippen molar-refractivity contribution in [3.8, 4) is 0 Å². The lowest BCUT2D eigenvalue weighted by molar-refractivity contribution is 0.0710. The molecule has 4 heteroatoms. The SMILES string of the molecule is OCCC1NCC1N1CCNCC1. The van der Waals surface area contributed by atoms with Crippen molar-refractivity contribution in [1.29, 1.82) is 0 Å². The third-order valence-corrected chi connectivity index (χ3v) is 3.11. The number of hydrogen-bond donors (Lipinski definition) is 3. The van der Waals surface area contributed by atoms with Gasteiger partial charge in [0.15, 0.2) is 0 Å². The molecule has 2 rings (SSSR count). The van der Waals surface area contributed by atoms with Gasteiger partial charge in [-0.05, 0) is 6.42 Å². The Kier molecular flexibility index (Phi) is 3.16. The Morgan fingerprint density at radius 3 is 2.62 bits per heavy atom. The van der Waals surface area contributed by atoms with E-state index in [1.807, 2.05) is 0 Å². The maximum absolute atomic E-state index is 8.85. The normalized spacial score (nSPS) is 35.8. The van der Waals surface area contributed by atoms with Crippen LogP contribution >= 0.6 is 0 Å². The van der Waals surface area contributed by atoms with E-state index in [1.54, 1.807) is 0 Å². The third-order valence-electron chi connectivity index (χ3n) is 3.11. The van der Waals surface area contributed by atoms with Gasteiger partial charge in [0, 0.05) is 51.4 Å². The Labute approximate surface area is 79.3 Å². The first-order valence-electron chi connectivity index (χ1n) is 5.21. The van der Waals surface area contributed by atoms with Gasteiger partial charge in [0.2, 0.25) is 0 Å². The Bertz CT molecular complexity index is 159. The van der Waals surface area contributed by atoms with E-state index in [1.165, 1.54) is 0 Å². The van der Waals surface area contributed by atoms with E-state index in [4.69, 9.17) is 5.11 Å². The van der Waals surface area contributed by atoms with Gasteiger partial charge >= 0.3 is 0 Å². The van der Waals surface area contributed by atoms with E-state index in [0.29, 0.717) is 18.7 Å². The highest BCUT2D eigenvalue weighted by molar-refractivity contribution is 4.96. The molecule has 13 heavy (non-hydrogen) atoms. The molecule has 4 nitrogen and oxygen atoms in total. The number of nitrogens with one attached hydrogen (secondary N) is 2. The van der Waals surface area contributed by atoms with Crippen molar-refractivity contribution in [2.45, 2.75) is 18.5 Å².